The summed E-state index contributed by atoms with van der Waals surface area (Å²) in [7, 11) is -4.12. The Morgan fingerprint density at radius 2 is 1.40 bits per heavy atom. The molecule has 1 atom stereocenters. The minimum atomic E-state index is -4.12. The highest BCUT2D eigenvalue weighted by molar-refractivity contribution is 7.92. The zero-order chi connectivity index (χ0) is 22.7. The first-order chi connectivity index (χ1) is 13.8. The number of benzene rings is 2. The molecule has 8 heteroatoms. The molecule has 0 saturated carbocycles. The number of rotatable bonds is 6. The average molecular weight is 434 g/mol. The van der Waals surface area contributed by atoms with Gasteiger partial charge < -0.3 is 15.2 Å². The molecule has 0 aliphatic rings. The quantitative estimate of drug-likeness (QED) is 0.715. The number of ether oxygens (including phenoxy) is 1. The first-order valence-electron chi connectivity index (χ1n) is 9.38. The molecule has 0 radical (unpaired) electrons. The van der Waals surface area contributed by atoms with Gasteiger partial charge in [-0.15, -0.1) is 0 Å². The fourth-order valence-electron chi connectivity index (χ4n) is 2.87. The van der Waals surface area contributed by atoms with E-state index in [0.717, 1.165) is 11.1 Å². The van der Waals surface area contributed by atoms with E-state index in [1.165, 1.54) is 26.0 Å². The number of amides is 1. The monoisotopic (exact) mass is 433 g/mol. The summed E-state index contributed by atoms with van der Waals surface area (Å²) in [4.78, 5) is 23.9. The fourth-order valence-corrected chi connectivity index (χ4v) is 4.45. The van der Waals surface area contributed by atoms with Gasteiger partial charge in [0.25, 0.3) is 0 Å². The van der Waals surface area contributed by atoms with Gasteiger partial charge in [-0.3, -0.25) is 0 Å². The van der Waals surface area contributed by atoms with E-state index >= 15 is 0 Å². The number of carboxylic acids is 1. The second-order valence-electron chi connectivity index (χ2n) is 8.41. The minimum absolute atomic E-state index is 0.0376. The third-order valence-corrected chi connectivity index (χ3v) is 7.08. The normalized spacial score (nSPS) is 13.4. The lowest BCUT2D eigenvalue weighted by atomic mass is 10.0. The van der Waals surface area contributed by atoms with E-state index in [2.05, 4.69) is 5.32 Å². The number of carboxylic acid groups (broad SMARTS) is 1. The van der Waals surface area contributed by atoms with Crippen LogP contribution in [0.25, 0.3) is 11.1 Å². The summed E-state index contributed by atoms with van der Waals surface area (Å²) in [6, 6.07) is 13.9. The Morgan fingerprint density at radius 3 is 1.87 bits per heavy atom. The number of sulfone groups is 1. The second-order valence-corrected chi connectivity index (χ2v) is 10.9. The number of carbonyl (C=O) groups excluding carboxylic acids is 1. The Balaban J connectivity index is 2.35. The van der Waals surface area contributed by atoms with Crippen LogP contribution in [0.2, 0.25) is 0 Å². The predicted octanol–water partition coefficient (Wildman–Crippen LogP) is 3.88. The lowest BCUT2D eigenvalue weighted by Crippen LogP contribution is -2.58. The molecular weight excluding hydrogens is 406 g/mol. The molecule has 0 heterocycles. The third kappa shape index (κ3) is 5.18. The van der Waals surface area contributed by atoms with Crippen LogP contribution in [0.3, 0.4) is 0 Å². The molecule has 1 amide bonds. The summed E-state index contributed by atoms with van der Waals surface area (Å²) in [5, 5.41) is 11.8. The first kappa shape index (κ1) is 23.4. The van der Waals surface area contributed by atoms with Crippen molar-refractivity contribution in [3.05, 3.63) is 54.6 Å². The smallest absolute Gasteiger partial charge is 0.408 e. The van der Waals surface area contributed by atoms with Crippen molar-refractivity contribution in [1.29, 1.82) is 0 Å². The van der Waals surface area contributed by atoms with Gasteiger partial charge in [-0.25, -0.2) is 18.0 Å². The summed E-state index contributed by atoms with van der Waals surface area (Å²) in [6.45, 7) is 7.41. The highest BCUT2D eigenvalue weighted by Crippen LogP contribution is 2.31. The maximum atomic E-state index is 13.3. The summed E-state index contributed by atoms with van der Waals surface area (Å²) in [6.07, 6.45) is -1.00. The van der Waals surface area contributed by atoms with Crippen molar-refractivity contribution in [2.75, 3.05) is 0 Å². The Labute approximate surface area is 177 Å². The number of aliphatic carboxylic acids is 1. The van der Waals surface area contributed by atoms with Crippen molar-refractivity contribution < 1.29 is 27.9 Å². The molecule has 2 N–H and O–H groups in total. The Morgan fingerprint density at radius 1 is 0.900 bits per heavy atom. The molecular formula is C22H27NO6S. The van der Waals surface area contributed by atoms with Crippen LogP contribution in [0.5, 0.6) is 0 Å². The van der Waals surface area contributed by atoms with Gasteiger partial charge in [0, 0.05) is 0 Å². The Bertz CT molecular complexity index is 1010. The molecule has 162 valence electrons. The third-order valence-electron chi connectivity index (χ3n) is 4.57. The summed E-state index contributed by atoms with van der Waals surface area (Å²) in [5.41, 5.74) is 0.897. The average Bonchev–Trinajstić information content (AvgIpc) is 2.65. The fraction of sp³-hybridized carbons (Fsp3) is 0.364. The van der Waals surface area contributed by atoms with Crippen molar-refractivity contribution in [2.45, 2.75) is 55.9 Å². The second kappa shape index (κ2) is 8.47. The molecule has 0 aromatic heterocycles. The van der Waals surface area contributed by atoms with E-state index in [9.17, 15) is 23.1 Å². The molecule has 0 bridgehead atoms. The zero-order valence-corrected chi connectivity index (χ0v) is 18.5. The van der Waals surface area contributed by atoms with Gasteiger partial charge in [-0.05, 0) is 57.9 Å². The zero-order valence-electron chi connectivity index (χ0n) is 17.7. The van der Waals surface area contributed by atoms with Crippen molar-refractivity contribution in [2.24, 2.45) is 0 Å². The highest BCUT2D eigenvalue weighted by Gasteiger charge is 2.48. The van der Waals surface area contributed by atoms with Crippen LogP contribution in [-0.2, 0) is 19.4 Å². The van der Waals surface area contributed by atoms with Gasteiger partial charge in [0.2, 0.25) is 0 Å². The van der Waals surface area contributed by atoms with Crippen LogP contribution in [0.4, 0.5) is 4.79 Å². The number of carbonyl (C=O) groups is 2. The topological polar surface area (TPSA) is 110 Å². The molecule has 2 rings (SSSR count). The van der Waals surface area contributed by atoms with Crippen molar-refractivity contribution in [3.8, 4) is 11.1 Å². The van der Waals surface area contributed by atoms with Gasteiger partial charge >= 0.3 is 12.1 Å². The number of hydrogen-bond donors (Lipinski definition) is 2. The van der Waals surface area contributed by atoms with E-state index in [-0.39, 0.29) is 4.90 Å². The minimum Gasteiger partial charge on any atom is -0.480 e. The Hall–Kier alpha value is -2.87. The van der Waals surface area contributed by atoms with E-state index in [1.54, 1.807) is 32.9 Å². The van der Waals surface area contributed by atoms with Gasteiger partial charge in [0.15, 0.2) is 9.84 Å². The van der Waals surface area contributed by atoms with Gasteiger partial charge in [0.1, 0.15) is 16.4 Å². The molecule has 30 heavy (non-hydrogen) atoms. The molecule has 0 spiro atoms. The van der Waals surface area contributed by atoms with Crippen LogP contribution in [0.1, 0.15) is 34.6 Å². The molecule has 0 aliphatic carbocycles. The van der Waals surface area contributed by atoms with E-state index in [4.69, 9.17) is 4.74 Å². The van der Waals surface area contributed by atoms with Gasteiger partial charge in [0.05, 0.1) is 4.90 Å². The molecule has 1 unspecified atom stereocenters. The van der Waals surface area contributed by atoms with Crippen LogP contribution in [0.15, 0.2) is 59.5 Å². The van der Waals surface area contributed by atoms with Crippen LogP contribution < -0.4 is 5.32 Å². The van der Waals surface area contributed by atoms with Crippen molar-refractivity contribution in [1.82, 2.24) is 5.32 Å². The predicted molar refractivity (Wildman–Crippen MR) is 114 cm³/mol. The summed E-state index contributed by atoms with van der Waals surface area (Å²) < 4.78 is 29.8. The van der Waals surface area contributed by atoms with E-state index in [0.29, 0.717) is 0 Å². The number of alkyl carbamates (subject to hydrolysis) is 1. The first-order valence-corrected chi connectivity index (χ1v) is 10.9. The highest BCUT2D eigenvalue weighted by atomic mass is 32.2. The molecule has 0 saturated heterocycles. The van der Waals surface area contributed by atoms with Gasteiger partial charge in [-0.1, -0.05) is 42.5 Å². The van der Waals surface area contributed by atoms with E-state index < -0.39 is 38.3 Å². The molecule has 0 aliphatic heterocycles. The van der Waals surface area contributed by atoms with Crippen LogP contribution >= 0.6 is 0 Å². The standard InChI is InChI=1S/C22H27NO6S/c1-21(2,3)29-20(26)23-18(19(24)25)22(4,5)30(27,28)17-13-11-16(12-14-17)15-9-7-6-8-10-15/h6-14,18H,1-5H3,(H,23,26)(H,24,25). The molecule has 2 aromatic carbocycles. The van der Waals surface area contributed by atoms with Crippen molar-refractivity contribution >= 4 is 21.9 Å². The summed E-state index contributed by atoms with van der Waals surface area (Å²) >= 11 is 0. The molecule has 7 nitrogen and oxygen atoms in total. The van der Waals surface area contributed by atoms with Crippen molar-refractivity contribution in [3.63, 3.8) is 0 Å². The SMILES string of the molecule is CC(C)(C)OC(=O)NC(C(=O)O)C(C)(C)S(=O)(=O)c1ccc(-c2ccccc2)cc1. The lowest BCUT2D eigenvalue weighted by Gasteiger charge is -2.32. The molecule has 0 fully saturated rings. The summed E-state index contributed by atoms with van der Waals surface area (Å²) in [5.74, 6) is -1.48. The van der Waals surface area contributed by atoms with E-state index in [1.807, 2.05) is 30.3 Å². The van der Waals surface area contributed by atoms with Gasteiger partial charge in [-0.2, -0.15) is 0 Å². The Kier molecular flexibility index (Phi) is 6.61. The largest absolute Gasteiger partial charge is 0.480 e. The maximum Gasteiger partial charge on any atom is 0.408 e. The van der Waals surface area contributed by atoms with Crippen LogP contribution in [-0.4, -0.2) is 42.0 Å². The lowest BCUT2D eigenvalue weighted by molar-refractivity contribution is -0.140. The number of hydrogen-bond acceptors (Lipinski definition) is 5. The molecule has 2 aromatic rings. The van der Waals surface area contributed by atoms with Crippen LogP contribution in [0, 0.1) is 0 Å². The maximum absolute atomic E-state index is 13.3. The number of nitrogens with one attached hydrogen (secondary N) is 1.